The average Bonchev–Trinajstić information content (AvgIpc) is 2.45. The number of hydrogen-bond donors (Lipinski definition) is 1. The maximum Gasteiger partial charge on any atom is 0.356 e. The number of hydrogen-bond acceptors (Lipinski definition) is 3. The van der Waals surface area contributed by atoms with Crippen molar-refractivity contribution >= 4 is 17.7 Å². The van der Waals surface area contributed by atoms with Crippen LogP contribution in [0.2, 0.25) is 0 Å². The van der Waals surface area contributed by atoms with Gasteiger partial charge in [0.25, 0.3) is 0 Å². The molecule has 1 aliphatic heterocycles. The van der Waals surface area contributed by atoms with Gasteiger partial charge in [0.05, 0.1) is 6.04 Å². The monoisotopic (exact) mass is 240 g/mol. The fourth-order valence-electron chi connectivity index (χ4n) is 1.79. The third kappa shape index (κ3) is 2.24. The maximum absolute atomic E-state index is 10.9. The summed E-state index contributed by atoms with van der Waals surface area (Å²) in [4.78, 5) is 10.9. The number of carboxylic acid groups (broad SMARTS) is 1. The molecule has 0 atom stereocenters. The molecule has 0 aliphatic carbocycles. The Labute approximate surface area is 99.0 Å². The number of aromatic carboxylic acids is 1. The third-order valence-corrected chi connectivity index (χ3v) is 3.86. The Morgan fingerprint density at radius 2 is 2.38 bits per heavy atom. The molecule has 0 saturated carbocycles. The summed E-state index contributed by atoms with van der Waals surface area (Å²) in [6.07, 6.45) is 0.890. The Morgan fingerprint density at radius 1 is 1.69 bits per heavy atom. The Kier molecular flexibility index (Phi) is 3.23. The molecule has 0 amide bonds. The second kappa shape index (κ2) is 4.49. The Balaban J connectivity index is 2.27. The largest absolute Gasteiger partial charge is 0.476 e. The third-order valence-electron chi connectivity index (χ3n) is 2.62. The molecule has 1 saturated heterocycles. The van der Waals surface area contributed by atoms with Crippen LogP contribution in [0, 0.1) is 5.92 Å². The van der Waals surface area contributed by atoms with E-state index >= 15 is 0 Å². The second-order valence-electron chi connectivity index (χ2n) is 4.56. The van der Waals surface area contributed by atoms with Crippen molar-refractivity contribution in [3.63, 3.8) is 0 Å². The van der Waals surface area contributed by atoms with Crippen LogP contribution < -0.4 is 0 Å². The molecule has 1 aliphatic rings. The first-order valence-corrected chi connectivity index (χ1v) is 6.63. The lowest BCUT2D eigenvalue weighted by atomic mass is 10.1. The van der Waals surface area contributed by atoms with Gasteiger partial charge in [-0.2, -0.15) is 16.9 Å². The van der Waals surface area contributed by atoms with Crippen LogP contribution in [-0.2, 0) is 6.42 Å². The minimum Gasteiger partial charge on any atom is -0.476 e. The van der Waals surface area contributed by atoms with E-state index in [0.29, 0.717) is 12.0 Å². The van der Waals surface area contributed by atoms with E-state index < -0.39 is 5.97 Å². The molecule has 1 N–H and O–H groups in total. The highest BCUT2D eigenvalue weighted by atomic mass is 32.2. The van der Waals surface area contributed by atoms with Crippen LogP contribution in [0.25, 0.3) is 0 Å². The molecule has 4 nitrogen and oxygen atoms in total. The molecule has 2 rings (SSSR count). The van der Waals surface area contributed by atoms with E-state index in [1.54, 1.807) is 6.07 Å². The smallest absolute Gasteiger partial charge is 0.356 e. The average molecular weight is 240 g/mol. The first-order valence-electron chi connectivity index (χ1n) is 5.47. The fraction of sp³-hybridized carbons (Fsp3) is 0.636. The Morgan fingerprint density at radius 3 is 2.81 bits per heavy atom. The summed E-state index contributed by atoms with van der Waals surface area (Å²) < 4.78 is 1.92. The second-order valence-corrected chi connectivity index (χ2v) is 5.63. The number of carbonyl (C=O) groups is 1. The zero-order valence-corrected chi connectivity index (χ0v) is 10.3. The summed E-state index contributed by atoms with van der Waals surface area (Å²) in [5, 5.41) is 13.1. The van der Waals surface area contributed by atoms with Crippen molar-refractivity contribution in [1.29, 1.82) is 0 Å². The Hall–Kier alpha value is -0.970. The van der Waals surface area contributed by atoms with Crippen molar-refractivity contribution in [2.24, 2.45) is 5.92 Å². The van der Waals surface area contributed by atoms with Gasteiger partial charge < -0.3 is 5.11 Å². The van der Waals surface area contributed by atoms with Crippen LogP contribution in [-0.4, -0.2) is 32.4 Å². The first kappa shape index (κ1) is 11.5. The van der Waals surface area contributed by atoms with Gasteiger partial charge in [0, 0.05) is 17.2 Å². The van der Waals surface area contributed by atoms with Crippen molar-refractivity contribution in [1.82, 2.24) is 9.78 Å². The van der Waals surface area contributed by atoms with E-state index in [1.807, 2.05) is 16.4 Å². The van der Waals surface area contributed by atoms with Gasteiger partial charge in [-0.1, -0.05) is 13.8 Å². The molecular formula is C11H16N2O2S. The quantitative estimate of drug-likeness (QED) is 0.875. The molecule has 1 fully saturated rings. The lowest BCUT2D eigenvalue weighted by Gasteiger charge is -2.27. The van der Waals surface area contributed by atoms with E-state index in [4.69, 9.17) is 5.11 Å². The number of aromatic nitrogens is 2. The van der Waals surface area contributed by atoms with Crippen LogP contribution >= 0.6 is 11.8 Å². The zero-order valence-electron chi connectivity index (χ0n) is 9.51. The molecule has 16 heavy (non-hydrogen) atoms. The van der Waals surface area contributed by atoms with Gasteiger partial charge in [0.15, 0.2) is 5.69 Å². The summed E-state index contributed by atoms with van der Waals surface area (Å²) in [6, 6.07) is 2.11. The SMILES string of the molecule is CC(C)Cc1cc(C(=O)O)nn1C1CSC1. The van der Waals surface area contributed by atoms with Gasteiger partial charge in [-0.15, -0.1) is 0 Å². The normalized spacial score (nSPS) is 16.4. The molecule has 0 radical (unpaired) electrons. The molecule has 88 valence electrons. The van der Waals surface area contributed by atoms with Crippen molar-refractivity contribution < 1.29 is 9.90 Å². The summed E-state index contributed by atoms with van der Waals surface area (Å²) in [6.45, 7) is 4.26. The highest BCUT2D eigenvalue weighted by Crippen LogP contribution is 2.30. The van der Waals surface area contributed by atoms with Crippen LogP contribution in [0.1, 0.15) is 36.1 Å². The van der Waals surface area contributed by atoms with Gasteiger partial charge in [0.2, 0.25) is 0 Å². The molecule has 0 spiro atoms. The lowest BCUT2D eigenvalue weighted by Crippen LogP contribution is -2.26. The first-order chi connectivity index (χ1) is 7.58. The summed E-state index contributed by atoms with van der Waals surface area (Å²) in [5.74, 6) is 1.68. The van der Waals surface area contributed by atoms with Crippen molar-refractivity contribution in [2.75, 3.05) is 11.5 Å². The Bertz CT molecular complexity index is 397. The van der Waals surface area contributed by atoms with E-state index in [9.17, 15) is 4.79 Å². The topological polar surface area (TPSA) is 55.1 Å². The van der Waals surface area contributed by atoms with E-state index in [1.165, 1.54) is 0 Å². The molecule has 0 aromatic carbocycles. The minimum atomic E-state index is -0.935. The summed E-state index contributed by atoms with van der Waals surface area (Å²) >= 11 is 1.88. The van der Waals surface area contributed by atoms with Crippen LogP contribution in [0.4, 0.5) is 0 Å². The number of carboxylic acids is 1. The highest BCUT2D eigenvalue weighted by Gasteiger charge is 2.25. The van der Waals surface area contributed by atoms with Crippen molar-refractivity contribution in [2.45, 2.75) is 26.3 Å². The molecule has 0 bridgehead atoms. The van der Waals surface area contributed by atoms with E-state index in [0.717, 1.165) is 23.6 Å². The lowest BCUT2D eigenvalue weighted by molar-refractivity contribution is 0.0689. The number of nitrogens with zero attached hydrogens (tertiary/aromatic N) is 2. The van der Waals surface area contributed by atoms with E-state index in [2.05, 4.69) is 18.9 Å². The predicted molar refractivity (Wildman–Crippen MR) is 64.1 cm³/mol. The summed E-state index contributed by atoms with van der Waals surface area (Å²) in [5.41, 5.74) is 1.23. The molecule has 5 heteroatoms. The highest BCUT2D eigenvalue weighted by molar-refractivity contribution is 8.00. The molecule has 1 aromatic heterocycles. The fourth-order valence-corrected chi connectivity index (χ4v) is 2.52. The van der Waals surface area contributed by atoms with E-state index in [-0.39, 0.29) is 5.69 Å². The van der Waals surface area contributed by atoms with Gasteiger partial charge in [0.1, 0.15) is 0 Å². The molecular weight excluding hydrogens is 224 g/mol. The molecule has 1 aromatic rings. The van der Waals surface area contributed by atoms with Gasteiger partial charge in [-0.25, -0.2) is 4.79 Å². The van der Waals surface area contributed by atoms with Crippen LogP contribution in [0.15, 0.2) is 6.07 Å². The van der Waals surface area contributed by atoms with Gasteiger partial charge >= 0.3 is 5.97 Å². The number of thioether (sulfide) groups is 1. The van der Waals surface area contributed by atoms with Crippen LogP contribution in [0.5, 0.6) is 0 Å². The molecule has 2 heterocycles. The zero-order chi connectivity index (χ0) is 11.7. The van der Waals surface area contributed by atoms with Crippen molar-refractivity contribution in [3.05, 3.63) is 17.5 Å². The van der Waals surface area contributed by atoms with Gasteiger partial charge in [-0.3, -0.25) is 4.68 Å². The van der Waals surface area contributed by atoms with Crippen LogP contribution in [0.3, 0.4) is 0 Å². The predicted octanol–water partition coefficient (Wildman–Crippen LogP) is 2.07. The minimum absolute atomic E-state index is 0.174. The maximum atomic E-state index is 10.9. The van der Waals surface area contributed by atoms with Gasteiger partial charge in [-0.05, 0) is 18.4 Å². The standard InChI is InChI=1S/C11H16N2O2S/c1-7(2)3-8-4-10(11(14)15)12-13(8)9-5-16-6-9/h4,7,9H,3,5-6H2,1-2H3,(H,14,15). The number of rotatable bonds is 4. The molecule has 0 unspecified atom stereocenters. The van der Waals surface area contributed by atoms with Crippen molar-refractivity contribution in [3.8, 4) is 0 Å². The summed E-state index contributed by atoms with van der Waals surface area (Å²) in [7, 11) is 0.